The summed E-state index contributed by atoms with van der Waals surface area (Å²) >= 11 is 8.75. The summed E-state index contributed by atoms with van der Waals surface area (Å²) in [6, 6.07) is 1.41. The molecule has 3 rings (SSSR count). The first-order chi connectivity index (χ1) is 10.3. The summed E-state index contributed by atoms with van der Waals surface area (Å²) in [6.45, 7) is -7.41. The van der Waals surface area contributed by atoms with Gasteiger partial charge in [-0.1, -0.05) is 0 Å². The van der Waals surface area contributed by atoms with Crippen molar-refractivity contribution < 1.29 is 36.7 Å². The van der Waals surface area contributed by atoms with E-state index in [1.54, 1.807) is 0 Å². The molecule has 0 aliphatic carbocycles. The van der Waals surface area contributed by atoms with E-state index in [0.717, 1.165) is 6.26 Å². The molecule has 12 heteroatoms. The summed E-state index contributed by atoms with van der Waals surface area (Å²) in [4.78, 5) is 10.0. The molecule has 0 radical (unpaired) electrons. The highest BCUT2D eigenvalue weighted by atomic mass is 32.7. The van der Waals surface area contributed by atoms with Crippen LogP contribution in [-0.2, 0) is 41.3 Å². The van der Waals surface area contributed by atoms with Crippen LogP contribution in [0.25, 0.3) is 0 Å². The summed E-state index contributed by atoms with van der Waals surface area (Å²) in [7, 11) is 0. The van der Waals surface area contributed by atoms with Crippen molar-refractivity contribution >= 4 is 37.6 Å². The second-order valence-corrected chi connectivity index (χ2v) is 9.63. The predicted molar refractivity (Wildman–Crippen MR) is 81.5 cm³/mol. The van der Waals surface area contributed by atoms with E-state index in [2.05, 4.69) is 12.2 Å². The summed E-state index contributed by atoms with van der Waals surface area (Å²) in [5.74, 6) is 0.471. The van der Waals surface area contributed by atoms with Crippen LogP contribution < -0.4 is 4.52 Å². The SMILES string of the molecule is O=P1(S)O/C=C2/OCC=C2OP(O)(=S)OCc2occc2O1. The Morgan fingerprint density at radius 2 is 2.14 bits per heavy atom. The molecule has 3 heterocycles. The highest BCUT2D eigenvalue weighted by Crippen LogP contribution is 2.56. The summed E-state index contributed by atoms with van der Waals surface area (Å²) in [5, 5.41) is 0. The van der Waals surface area contributed by atoms with Gasteiger partial charge >= 0.3 is 13.5 Å². The molecular weight excluding hydrogens is 374 g/mol. The lowest BCUT2D eigenvalue weighted by atomic mass is 10.4. The first kappa shape index (κ1) is 16.0. The molecule has 0 fully saturated rings. The number of fused-ring (bicyclic) bond motifs is 2. The van der Waals surface area contributed by atoms with Gasteiger partial charge in [-0.25, -0.2) is 4.57 Å². The van der Waals surface area contributed by atoms with Crippen LogP contribution in [0.2, 0.25) is 0 Å². The molecule has 2 aliphatic heterocycles. The van der Waals surface area contributed by atoms with Crippen molar-refractivity contribution in [2.45, 2.75) is 6.61 Å². The molecule has 0 bridgehead atoms. The zero-order valence-electron chi connectivity index (χ0n) is 10.8. The third kappa shape index (κ3) is 3.71. The summed E-state index contributed by atoms with van der Waals surface area (Å²) < 4.78 is 43.1. The standard InChI is InChI=1S/C10H10O8P2S2/c11-19(21)16-6-10-8(2-4-14-10)18-20(12,22)15-5-9-7(17-19)1-3-13-9/h1-3,6H,4-5H2,(H,11,21)(H,12,22)/b10-6+. The van der Waals surface area contributed by atoms with Crippen molar-refractivity contribution in [2.75, 3.05) is 6.61 Å². The van der Waals surface area contributed by atoms with Crippen LogP contribution in [0.1, 0.15) is 5.76 Å². The van der Waals surface area contributed by atoms with E-state index in [1.165, 1.54) is 18.4 Å². The van der Waals surface area contributed by atoms with Crippen LogP contribution in [0.4, 0.5) is 0 Å². The quantitative estimate of drug-likeness (QED) is 0.516. The largest absolute Gasteiger partial charge is 0.489 e. The Labute approximate surface area is 135 Å². The maximum absolute atomic E-state index is 12.2. The van der Waals surface area contributed by atoms with Crippen LogP contribution in [0.3, 0.4) is 0 Å². The van der Waals surface area contributed by atoms with Crippen molar-refractivity contribution in [3.63, 3.8) is 0 Å². The Balaban J connectivity index is 1.96. The summed E-state index contributed by atoms with van der Waals surface area (Å²) in [5.41, 5.74) is 0. The van der Waals surface area contributed by atoms with Crippen LogP contribution in [0.5, 0.6) is 5.75 Å². The molecule has 22 heavy (non-hydrogen) atoms. The van der Waals surface area contributed by atoms with E-state index in [1.807, 2.05) is 0 Å². The molecule has 1 aromatic rings. The second kappa shape index (κ2) is 5.96. The highest BCUT2D eigenvalue weighted by Gasteiger charge is 2.30. The van der Waals surface area contributed by atoms with Gasteiger partial charge in [0.15, 0.2) is 23.0 Å². The van der Waals surface area contributed by atoms with Crippen molar-refractivity contribution in [2.24, 2.45) is 0 Å². The van der Waals surface area contributed by atoms with Crippen molar-refractivity contribution in [3.8, 4) is 5.75 Å². The minimum absolute atomic E-state index is 0.0930. The van der Waals surface area contributed by atoms with E-state index >= 15 is 0 Å². The number of hydrogen-bond donors (Lipinski definition) is 2. The number of furan rings is 1. The van der Waals surface area contributed by atoms with Gasteiger partial charge in [-0.3, -0.25) is 4.52 Å². The molecule has 1 N–H and O–H groups in total. The van der Waals surface area contributed by atoms with Gasteiger partial charge in [-0.05, 0) is 18.3 Å². The molecule has 0 saturated heterocycles. The van der Waals surface area contributed by atoms with Gasteiger partial charge in [0.05, 0.1) is 6.26 Å². The van der Waals surface area contributed by atoms with Gasteiger partial charge in [0.1, 0.15) is 19.5 Å². The Hall–Kier alpha value is -0.890. The molecule has 120 valence electrons. The van der Waals surface area contributed by atoms with Gasteiger partial charge in [0.2, 0.25) is 0 Å². The Bertz CT molecular complexity index is 739. The first-order valence-corrected chi connectivity index (χ1v) is 11.1. The fourth-order valence-corrected chi connectivity index (χ4v) is 3.85. The van der Waals surface area contributed by atoms with Crippen molar-refractivity contribution in [3.05, 3.63) is 41.9 Å². The molecule has 2 aliphatic rings. The van der Waals surface area contributed by atoms with Gasteiger partial charge in [0.25, 0.3) is 0 Å². The Kier molecular flexibility index (Phi) is 4.33. The molecule has 0 aromatic carbocycles. The Morgan fingerprint density at radius 3 is 2.95 bits per heavy atom. The predicted octanol–water partition coefficient (Wildman–Crippen LogP) is 3.23. The Morgan fingerprint density at radius 1 is 1.32 bits per heavy atom. The minimum Gasteiger partial charge on any atom is -0.482 e. The van der Waals surface area contributed by atoms with E-state index in [4.69, 9.17) is 39.1 Å². The van der Waals surface area contributed by atoms with Crippen molar-refractivity contribution in [1.29, 1.82) is 0 Å². The highest BCUT2D eigenvalue weighted by molar-refractivity contribution is 8.44. The average molecular weight is 384 g/mol. The van der Waals surface area contributed by atoms with Crippen LogP contribution in [-0.4, -0.2) is 11.5 Å². The number of rotatable bonds is 0. The maximum Gasteiger partial charge on any atom is 0.489 e. The van der Waals surface area contributed by atoms with Gasteiger partial charge in [0, 0.05) is 17.9 Å². The maximum atomic E-state index is 12.2. The van der Waals surface area contributed by atoms with Crippen LogP contribution in [0.15, 0.2) is 40.6 Å². The first-order valence-electron chi connectivity index (χ1n) is 5.82. The fraction of sp³-hybridized carbons (Fsp3) is 0.200. The van der Waals surface area contributed by atoms with E-state index < -0.39 is 13.5 Å². The smallest absolute Gasteiger partial charge is 0.482 e. The normalized spacial score (nSPS) is 33.9. The average Bonchev–Trinajstić information content (AvgIpc) is 3.02. The molecule has 2 unspecified atom stereocenters. The van der Waals surface area contributed by atoms with E-state index in [9.17, 15) is 9.46 Å². The van der Waals surface area contributed by atoms with E-state index in [0.29, 0.717) is 0 Å². The molecule has 1 aromatic heterocycles. The lowest BCUT2D eigenvalue weighted by Gasteiger charge is -2.19. The summed E-state index contributed by atoms with van der Waals surface area (Å²) in [6.07, 6.45) is 3.83. The third-order valence-corrected chi connectivity index (χ3v) is 5.28. The molecule has 0 saturated carbocycles. The number of thiol groups is 1. The molecular formula is C10H10O8P2S2. The fourth-order valence-electron chi connectivity index (χ4n) is 1.62. The van der Waals surface area contributed by atoms with Crippen molar-refractivity contribution in [1.82, 2.24) is 0 Å². The lowest BCUT2D eigenvalue weighted by molar-refractivity contribution is 0.191. The minimum atomic E-state index is -3.76. The molecule has 8 nitrogen and oxygen atoms in total. The molecule has 0 amide bonds. The topological polar surface area (TPSA) is 96.6 Å². The van der Waals surface area contributed by atoms with Gasteiger partial charge in [-0.2, -0.15) is 0 Å². The van der Waals surface area contributed by atoms with Crippen LogP contribution in [0, 0.1) is 0 Å². The van der Waals surface area contributed by atoms with Crippen LogP contribution >= 0.6 is 25.8 Å². The third-order valence-electron chi connectivity index (χ3n) is 2.53. The number of hydrogen-bond acceptors (Lipinski definition) is 8. The van der Waals surface area contributed by atoms with E-state index in [-0.39, 0.29) is 36.2 Å². The zero-order valence-corrected chi connectivity index (χ0v) is 14.3. The number of ether oxygens (including phenoxy) is 1. The van der Waals surface area contributed by atoms with Gasteiger partial charge < -0.3 is 27.6 Å². The zero-order chi connectivity index (χ0) is 15.8. The molecule has 0 spiro atoms. The lowest BCUT2D eigenvalue weighted by Crippen LogP contribution is -2.00. The second-order valence-electron chi connectivity index (χ2n) is 4.07. The van der Waals surface area contributed by atoms with Gasteiger partial charge in [-0.15, -0.1) is 0 Å². The monoisotopic (exact) mass is 384 g/mol. The molecule has 2 atom stereocenters.